The monoisotopic (exact) mass is 318 g/mol. The Labute approximate surface area is 72.8 Å². The third-order valence-corrected chi connectivity index (χ3v) is 1.64. The van der Waals surface area contributed by atoms with Crippen LogP contribution in [0.4, 0.5) is 0 Å². The van der Waals surface area contributed by atoms with Gasteiger partial charge in [-0.1, -0.05) is 0 Å². The van der Waals surface area contributed by atoms with E-state index in [4.69, 9.17) is 5.02 Å². The van der Waals surface area contributed by atoms with Crippen molar-refractivity contribution in [3.05, 3.63) is 30.3 Å². The molecule has 0 saturated carbocycles. The minimum absolute atomic E-state index is 0.769. The molecule has 0 unspecified atom stereocenters. The zero-order valence-corrected chi connectivity index (χ0v) is 7.29. The molecule has 56 valence electrons. The fraction of sp³-hybridized carbons (Fsp3) is 0. The van der Waals surface area contributed by atoms with Gasteiger partial charge in [-0.3, -0.25) is 0 Å². The van der Waals surface area contributed by atoms with Crippen LogP contribution in [0.5, 0.6) is 0 Å². The van der Waals surface area contributed by atoms with Crippen LogP contribution in [0.15, 0.2) is 30.3 Å². The van der Waals surface area contributed by atoms with E-state index < -0.39 is 7.12 Å². The van der Waals surface area contributed by atoms with Crippen LogP contribution < -0.4 is 5.46 Å². The second-order valence-corrected chi connectivity index (χ2v) is 2.34. The minimum atomic E-state index is -0.815. The number of hydrogen-bond acceptors (Lipinski definition) is 2. The summed E-state index contributed by atoms with van der Waals surface area (Å²) in [7, 11) is -0.815. The molecule has 0 aliphatic heterocycles. The second kappa shape index (κ2) is 3.96. The fourth-order valence-electron chi connectivity index (χ4n) is 0.659. The molecule has 0 heterocycles. The Balaban J connectivity index is 2.75. The predicted molar refractivity (Wildman–Crippen MR) is 35.1 cm³/mol. The fourth-order valence-corrected chi connectivity index (χ4v) is 0.954. The van der Waals surface area contributed by atoms with Gasteiger partial charge in [-0.15, -0.1) is 0 Å². The molecule has 10 heavy (non-hydrogen) atoms. The Morgan fingerprint density at radius 3 is 2.40 bits per heavy atom. The first kappa shape index (κ1) is 8.05. The van der Waals surface area contributed by atoms with Gasteiger partial charge in [0.15, 0.2) is 0 Å². The average molecular weight is 318 g/mol. The Morgan fingerprint density at radius 1 is 1.30 bits per heavy atom. The van der Waals surface area contributed by atoms with E-state index in [1.54, 1.807) is 12.1 Å². The zero-order chi connectivity index (χ0) is 7.40. The second-order valence-electron chi connectivity index (χ2n) is 1.83. The summed E-state index contributed by atoms with van der Waals surface area (Å²) in [4.78, 5) is 0. The van der Waals surface area contributed by atoms with E-state index in [-0.39, 0.29) is 0 Å². The van der Waals surface area contributed by atoms with Crippen molar-refractivity contribution in [2.24, 2.45) is 0 Å². The zero-order valence-electron chi connectivity index (χ0n) is 5.12. The van der Waals surface area contributed by atoms with Gasteiger partial charge in [-0.25, -0.2) is 0 Å². The molecule has 1 aromatic rings. The molecule has 4 heteroatoms. The maximum atomic E-state index is 9.09. The van der Waals surface area contributed by atoms with Crippen molar-refractivity contribution >= 4 is 12.6 Å². The van der Waals surface area contributed by atoms with Gasteiger partial charge in [0.2, 0.25) is 0 Å². The van der Waals surface area contributed by atoms with E-state index in [0.29, 0.717) is 0 Å². The third kappa shape index (κ3) is 1.97. The maximum absolute atomic E-state index is 9.09. The summed E-state index contributed by atoms with van der Waals surface area (Å²) < 4.78 is 4.64. The van der Waals surface area contributed by atoms with Crippen molar-refractivity contribution < 1.29 is 29.6 Å². The molecule has 0 fully saturated rings. The van der Waals surface area contributed by atoms with E-state index >= 15 is 0 Å². The predicted octanol–water partition coefficient (Wildman–Crippen LogP) is -0.147. The molecule has 0 amide bonds. The molecule has 1 N–H and O–H groups in total. The quantitative estimate of drug-likeness (QED) is 0.769. The van der Waals surface area contributed by atoms with Gasteiger partial charge in [0.05, 0.1) is 0 Å². The van der Waals surface area contributed by atoms with Crippen molar-refractivity contribution in [3.8, 4) is 0 Å². The van der Waals surface area contributed by atoms with Crippen LogP contribution in [-0.2, 0) is 24.6 Å². The number of hydrogen-bond donors (Lipinski definition) is 1. The van der Waals surface area contributed by atoms with Crippen molar-refractivity contribution in [1.82, 2.24) is 0 Å². The standard InChI is InChI=1S/C6H6BO2.Au/c8-7(9)6-4-2-1-3-5-6;/h1-5,8H;/q-1;+1. The van der Waals surface area contributed by atoms with Crippen molar-refractivity contribution in [2.75, 3.05) is 0 Å². The summed E-state index contributed by atoms with van der Waals surface area (Å²) in [6.07, 6.45) is 0. The van der Waals surface area contributed by atoms with Crippen LogP contribution in [0, 0.1) is 0 Å². The van der Waals surface area contributed by atoms with Gasteiger partial charge in [0, 0.05) is 0 Å². The van der Waals surface area contributed by atoms with E-state index in [1.807, 2.05) is 39.7 Å². The first-order chi connectivity index (χ1) is 4.84. The van der Waals surface area contributed by atoms with Crippen LogP contribution in [0.1, 0.15) is 0 Å². The van der Waals surface area contributed by atoms with Gasteiger partial charge in [-0.05, 0) is 0 Å². The summed E-state index contributed by atoms with van der Waals surface area (Å²) >= 11 is 1.83. The average Bonchev–Trinajstić information content (AvgIpc) is 2.05. The SMILES string of the molecule is OB([O][Au])c1ccccc1. The Bertz CT molecular complexity index is 192. The molecule has 0 bridgehead atoms. The topological polar surface area (TPSA) is 29.5 Å². The van der Waals surface area contributed by atoms with Crippen molar-refractivity contribution in [3.63, 3.8) is 0 Å². The van der Waals surface area contributed by atoms with Crippen LogP contribution in [0.3, 0.4) is 0 Å². The molecule has 1 rings (SSSR count). The molecule has 0 radical (unpaired) electrons. The first-order valence-electron chi connectivity index (χ1n) is 2.82. The van der Waals surface area contributed by atoms with E-state index in [9.17, 15) is 0 Å². The first-order valence-corrected chi connectivity index (χ1v) is 3.70. The Hall–Kier alpha value is -0.0548. The van der Waals surface area contributed by atoms with Gasteiger partial charge >= 0.3 is 72.6 Å². The molecular formula is C6H6AuBO2. The van der Waals surface area contributed by atoms with Crippen LogP contribution in [0.25, 0.3) is 0 Å². The van der Waals surface area contributed by atoms with Gasteiger partial charge in [0.1, 0.15) is 0 Å². The van der Waals surface area contributed by atoms with Crippen LogP contribution >= 0.6 is 0 Å². The van der Waals surface area contributed by atoms with E-state index in [1.165, 1.54) is 0 Å². The van der Waals surface area contributed by atoms with Crippen molar-refractivity contribution in [1.29, 1.82) is 0 Å². The molecule has 0 spiro atoms. The molecular weight excluding hydrogens is 312 g/mol. The summed E-state index contributed by atoms with van der Waals surface area (Å²) in [5.41, 5.74) is 0.769. The normalized spacial score (nSPS) is 9.50. The molecule has 0 aromatic heterocycles. The molecule has 1 aromatic carbocycles. The summed E-state index contributed by atoms with van der Waals surface area (Å²) in [5.74, 6) is 0. The van der Waals surface area contributed by atoms with Crippen molar-refractivity contribution in [2.45, 2.75) is 0 Å². The molecule has 0 saturated heterocycles. The molecule has 0 atom stereocenters. The van der Waals surface area contributed by atoms with E-state index in [2.05, 4.69) is 3.16 Å². The summed E-state index contributed by atoms with van der Waals surface area (Å²) in [6.45, 7) is 0. The van der Waals surface area contributed by atoms with Gasteiger partial charge in [-0.2, -0.15) is 0 Å². The molecule has 0 aliphatic carbocycles. The number of benzene rings is 1. The number of rotatable bonds is 2. The molecule has 2 nitrogen and oxygen atoms in total. The van der Waals surface area contributed by atoms with Gasteiger partial charge < -0.3 is 0 Å². The Morgan fingerprint density at radius 2 is 1.90 bits per heavy atom. The van der Waals surface area contributed by atoms with E-state index in [0.717, 1.165) is 5.46 Å². The Kier molecular flexibility index (Phi) is 3.18. The van der Waals surface area contributed by atoms with Crippen LogP contribution in [-0.4, -0.2) is 12.1 Å². The third-order valence-electron chi connectivity index (χ3n) is 1.15. The van der Waals surface area contributed by atoms with Crippen LogP contribution in [0.2, 0.25) is 0 Å². The summed E-state index contributed by atoms with van der Waals surface area (Å²) in [6, 6.07) is 9.20. The summed E-state index contributed by atoms with van der Waals surface area (Å²) in [5, 5.41) is 9.09. The molecule has 0 aliphatic rings. The van der Waals surface area contributed by atoms with Gasteiger partial charge in [0.25, 0.3) is 0 Å².